The summed E-state index contributed by atoms with van der Waals surface area (Å²) >= 11 is 0. The molecular formula is C26H32N6O4. The lowest BCUT2D eigenvalue weighted by Crippen LogP contribution is -2.39. The van der Waals surface area contributed by atoms with Crippen LogP contribution >= 0.6 is 0 Å². The van der Waals surface area contributed by atoms with Gasteiger partial charge < -0.3 is 18.9 Å². The van der Waals surface area contributed by atoms with Crippen LogP contribution in [0.2, 0.25) is 0 Å². The van der Waals surface area contributed by atoms with E-state index >= 15 is 0 Å². The third-order valence-electron chi connectivity index (χ3n) is 6.86. The van der Waals surface area contributed by atoms with Crippen molar-refractivity contribution in [2.24, 2.45) is 0 Å². The Morgan fingerprint density at radius 3 is 2.89 bits per heavy atom. The summed E-state index contributed by atoms with van der Waals surface area (Å²) in [5, 5.41) is 13.5. The van der Waals surface area contributed by atoms with Crippen LogP contribution in [-0.4, -0.2) is 63.1 Å². The highest BCUT2D eigenvalue weighted by Gasteiger charge is 2.33. The second-order valence-electron chi connectivity index (χ2n) is 9.38. The van der Waals surface area contributed by atoms with E-state index in [2.05, 4.69) is 38.4 Å². The minimum Gasteiger partial charge on any atom is -0.468 e. The first kappa shape index (κ1) is 24.4. The van der Waals surface area contributed by atoms with Gasteiger partial charge in [-0.05, 0) is 84.0 Å². The number of aromatic nitrogens is 5. The van der Waals surface area contributed by atoms with Crippen molar-refractivity contribution in [1.29, 1.82) is 0 Å². The number of ether oxygens (including phenoxy) is 2. The van der Waals surface area contributed by atoms with Crippen molar-refractivity contribution in [3.8, 4) is 0 Å². The smallest absolute Gasteiger partial charge is 0.253 e. The zero-order valence-corrected chi connectivity index (χ0v) is 20.9. The Kier molecular flexibility index (Phi) is 7.26. The van der Waals surface area contributed by atoms with Gasteiger partial charge in [0.05, 0.1) is 32.1 Å². The molecule has 2 atom stereocenters. The second-order valence-corrected chi connectivity index (χ2v) is 9.38. The molecule has 1 fully saturated rings. The van der Waals surface area contributed by atoms with Crippen LogP contribution in [0.3, 0.4) is 0 Å². The van der Waals surface area contributed by atoms with Crippen LogP contribution in [0.1, 0.15) is 47.2 Å². The zero-order chi connectivity index (χ0) is 25.1. The summed E-state index contributed by atoms with van der Waals surface area (Å²) in [6.45, 7) is 6.84. The average molecular weight is 493 g/mol. The highest BCUT2D eigenvalue weighted by molar-refractivity contribution is 5.81. The third-order valence-corrected chi connectivity index (χ3v) is 6.86. The maximum absolute atomic E-state index is 13.6. The molecule has 1 saturated heterocycles. The third kappa shape index (κ3) is 5.11. The van der Waals surface area contributed by atoms with Crippen LogP contribution in [0, 0.1) is 13.8 Å². The van der Waals surface area contributed by atoms with Gasteiger partial charge in [-0.3, -0.25) is 9.69 Å². The predicted molar refractivity (Wildman–Crippen MR) is 134 cm³/mol. The molecule has 190 valence electrons. The molecule has 2 unspecified atom stereocenters. The number of fused-ring (bicyclic) bond motifs is 1. The van der Waals surface area contributed by atoms with Gasteiger partial charge in [-0.15, -0.1) is 5.10 Å². The number of aromatic amines is 1. The highest BCUT2D eigenvalue weighted by Crippen LogP contribution is 2.30. The van der Waals surface area contributed by atoms with E-state index in [0.717, 1.165) is 47.2 Å². The number of benzene rings is 1. The molecule has 10 nitrogen and oxygen atoms in total. The molecule has 0 radical (unpaired) electrons. The normalized spacial score (nSPS) is 16.8. The van der Waals surface area contributed by atoms with Crippen molar-refractivity contribution in [2.75, 3.05) is 26.9 Å². The number of aryl methyl sites for hydroxylation is 2. The summed E-state index contributed by atoms with van der Waals surface area (Å²) in [6.07, 6.45) is 3.69. The van der Waals surface area contributed by atoms with Crippen LogP contribution in [-0.2, 0) is 22.6 Å². The number of nitrogens with zero attached hydrogens (tertiary/aromatic N) is 5. The molecule has 1 aromatic carbocycles. The number of hydrogen-bond acceptors (Lipinski definition) is 8. The molecule has 0 saturated carbocycles. The largest absolute Gasteiger partial charge is 0.468 e. The molecule has 5 rings (SSSR count). The van der Waals surface area contributed by atoms with Gasteiger partial charge in [0.2, 0.25) is 0 Å². The standard InChI is InChI=1S/C26H32N6O4/c1-17-12-19-14-22(26(33)27-23(19)13-18(17)2)24(25-28-29-30-32(25)8-11-34-3)31(15-20-6-4-9-35-20)16-21-7-5-10-36-21/h4,6,9,12-14,21,24H,5,7-8,10-11,15-16H2,1-3H3,(H,27,33). The monoisotopic (exact) mass is 492 g/mol. The number of hydrogen-bond donors (Lipinski definition) is 1. The number of nitrogens with one attached hydrogen (secondary N) is 1. The molecule has 0 amide bonds. The van der Waals surface area contributed by atoms with Crippen LogP contribution in [0.25, 0.3) is 10.9 Å². The maximum Gasteiger partial charge on any atom is 0.253 e. The Morgan fingerprint density at radius 1 is 1.28 bits per heavy atom. The van der Waals surface area contributed by atoms with Crippen molar-refractivity contribution in [2.45, 2.75) is 51.9 Å². The predicted octanol–water partition coefficient (Wildman–Crippen LogP) is 3.14. The van der Waals surface area contributed by atoms with Crippen molar-refractivity contribution < 1.29 is 13.9 Å². The number of H-pyrrole nitrogens is 1. The summed E-state index contributed by atoms with van der Waals surface area (Å²) in [5.41, 5.74) is 3.50. The zero-order valence-electron chi connectivity index (χ0n) is 20.9. The fourth-order valence-corrected chi connectivity index (χ4v) is 4.85. The van der Waals surface area contributed by atoms with E-state index in [0.29, 0.717) is 37.6 Å². The fraction of sp³-hybridized carbons (Fsp3) is 0.462. The van der Waals surface area contributed by atoms with Gasteiger partial charge in [0, 0.05) is 31.3 Å². The van der Waals surface area contributed by atoms with Crippen molar-refractivity contribution in [3.05, 3.63) is 75.2 Å². The van der Waals surface area contributed by atoms with Gasteiger partial charge >= 0.3 is 0 Å². The minimum atomic E-state index is -0.527. The summed E-state index contributed by atoms with van der Waals surface area (Å²) in [6, 6.07) is 9.36. The van der Waals surface area contributed by atoms with E-state index in [1.54, 1.807) is 18.1 Å². The van der Waals surface area contributed by atoms with E-state index in [9.17, 15) is 4.79 Å². The Morgan fingerprint density at radius 2 is 2.14 bits per heavy atom. The van der Waals surface area contributed by atoms with Crippen LogP contribution in [0.4, 0.5) is 0 Å². The van der Waals surface area contributed by atoms with Gasteiger partial charge in [0.15, 0.2) is 5.82 Å². The first-order valence-electron chi connectivity index (χ1n) is 12.3. The van der Waals surface area contributed by atoms with Gasteiger partial charge in [-0.25, -0.2) is 4.68 Å². The topological polar surface area (TPSA) is 111 Å². The number of pyridine rings is 1. The molecule has 10 heteroatoms. The first-order chi connectivity index (χ1) is 17.5. The molecule has 0 aliphatic carbocycles. The summed E-state index contributed by atoms with van der Waals surface area (Å²) < 4.78 is 18.7. The van der Waals surface area contributed by atoms with Gasteiger partial charge in [-0.2, -0.15) is 0 Å². The number of rotatable bonds is 10. The lowest BCUT2D eigenvalue weighted by molar-refractivity contribution is 0.0541. The second kappa shape index (κ2) is 10.7. The lowest BCUT2D eigenvalue weighted by atomic mass is 10.00. The molecule has 1 aliphatic rings. The van der Waals surface area contributed by atoms with E-state index in [4.69, 9.17) is 13.9 Å². The fourth-order valence-electron chi connectivity index (χ4n) is 4.85. The highest BCUT2D eigenvalue weighted by atomic mass is 16.5. The van der Waals surface area contributed by atoms with E-state index in [1.807, 2.05) is 31.2 Å². The van der Waals surface area contributed by atoms with Crippen LogP contribution < -0.4 is 5.56 Å². The summed E-state index contributed by atoms with van der Waals surface area (Å²) in [7, 11) is 1.64. The minimum absolute atomic E-state index is 0.0511. The SMILES string of the molecule is COCCn1nnnc1C(c1cc2cc(C)c(C)cc2[nH]c1=O)N(Cc1ccco1)CC1CCCO1. The molecule has 0 bridgehead atoms. The Labute approximate surface area is 209 Å². The van der Waals surface area contributed by atoms with E-state index < -0.39 is 6.04 Å². The Bertz CT molecular complexity index is 1360. The molecule has 3 aromatic heterocycles. The quantitative estimate of drug-likeness (QED) is 0.359. The van der Waals surface area contributed by atoms with Gasteiger partial charge in [0.25, 0.3) is 5.56 Å². The summed E-state index contributed by atoms with van der Waals surface area (Å²) in [4.78, 5) is 18.9. The lowest BCUT2D eigenvalue weighted by Gasteiger charge is -2.32. The van der Waals surface area contributed by atoms with Crippen molar-refractivity contribution >= 4 is 10.9 Å². The number of furan rings is 1. The van der Waals surface area contributed by atoms with Crippen LogP contribution in [0.15, 0.2) is 45.8 Å². The van der Waals surface area contributed by atoms with Gasteiger partial charge in [0.1, 0.15) is 11.8 Å². The van der Waals surface area contributed by atoms with Gasteiger partial charge in [-0.1, -0.05) is 0 Å². The van der Waals surface area contributed by atoms with Crippen LogP contribution in [0.5, 0.6) is 0 Å². The molecule has 36 heavy (non-hydrogen) atoms. The Balaban J connectivity index is 1.66. The van der Waals surface area contributed by atoms with Crippen molar-refractivity contribution in [1.82, 2.24) is 30.1 Å². The molecule has 1 N–H and O–H groups in total. The average Bonchev–Trinajstić information content (AvgIpc) is 3.64. The molecule has 4 heterocycles. The van der Waals surface area contributed by atoms with E-state index in [-0.39, 0.29) is 11.7 Å². The molecular weight excluding hydrogens is 460 g/mol. The van der Waals surface area contributed by atoms with Crippen molar-refractivity contribution in [3.63, 3.8) is 0 Å². The van der Waals surface area contributed by atoms with E-state index in [1.165, 1.54) is 0 Å². The molecule has 0 spiro atoms. The number of tetrazole rings is 1. The molecule has 4 aromatic rings. The maximum atomic E-state index is 13.6. The molecule has 1 aliphatic heterocycles. The number of methoxy groups -OCH3 is 1. The Hall–Kier alpha value is -3.34. The summed E-state index contributed by atoms with van der Waals surface area (Å²) in [5.74, 6) is 1.36. The first-order valence-corrected chi connectivity index (χ1v) is 12.3.